The molecule has 5 nitrogen and oxygen atoms in total. The van der Waals surface area contributed by atoms with Gasteiger partial charge in [0.05, 0.1) is 7.11 Å². The number of methoxy groups -OCH3 is 1. The molecule has 3 N–H and O–H groups in total. The lowest BCUT2D eigenvalue weighted by molar-refractivity contribution is -0.142. The predicted molar refractivity (Wildman–Crippen MR) is 73.7 cm³/mol. The largest absolute Gasteiger partial charge is 0.468 e. The molecule has 0 spiro atoms. The van der Waals surface area contributed by atoms with E-state index in [-0.39, 0.29) is 5.91 Å². The minimum Gasteiger partial charge on any atom is -0.468 e. The van der Waals surface area contributed by atoms with E-state index in [9.17, 15) is 9.59 Å². The Bertz CT molecular complexity index is 429. The van der Waals surface area contributed by atoms with Crippen molar-refractivity contribution in [3.05, 3.63) is 29.8 Å². The first kappa shape index (κ1) is 15.2. The van der Waals surface area contributed by atoms with Gasteiger partial charge in [-0.05, 0) is 30.5 Å². The van der Waals surface area contributed by atoms with Crippen molar-refractivity contribution < 1.29 is 14.3 Å². The number of hydrogen-bond donors (Lipinski definition) is 2. The van der Waals surface area contributed by atoms with Gasteiger partial charge in [-0.2, -0.15) is 0 Å². The highest BCUT2D eigenvalue weighted by Crippen LogP contribution is 2.11. The quantitative estimate of drug-likeness (QED) is 0.762. The summed E-state index contributed by atoms with van der Waals surface area (Å²) in [6, 6.07) is 6.61. The monoisotopic (exact) mass is 264 g/mol. The molecule has 19 heavy (non-hydrogen) atoms. The fourth-order valence-corrected chi connectivity index (χ4v) is 1.66. The van der Waals surface area contributed by atoms with Gasteiger partial charge in [-0.1, -0.05) is 19.1 Å². The van der Waals surface area contributed by atoms with Crippen LogP contribution in [-0.4, -0.2) is 25.0 Å². The Kier molecular flexibility index (Phi) is 6.02. The van der Waals surface area contributed by atoms with Crippen LogP contribution in [0.1, 0.15) is 25.3 Å². The number of ether oxygens (including phenoxy) is 1. The van der Waals surface area contributed by atoms with Crippen molar-refractivity contribution in [3.8, 4) is 0 Å². The number of esters is 1. The second-order valence-corrected chi connectivity index (χ2v) is 4.33. The van der Waals surface area contributed by atoms with Crippen LogP contribution >= 0.6 is 0 Å². The molecule has 0 saturated heterocycles. The number of carbonyl (C=O) groups is 2. The molecular weight excluding hydrogens is 244 g/mol. The fraction of sp³-hybridized carbons (Fsp3) is 0.429. The van der Waals surface area contributed by atoms with Gasteiger partial charge in [0, 0.05) is 12.1 Å². The van der Waals surface area contributed by atoms with Crippen molar-refractivity contribution in [2.75, 3.05) is 12.4 Å². The Balaban J connectivity index is 2.56. The maximum atomic E-state index is 11.4. The number of amides is 1. The number of anilines is 1. The van der Waals surface area contributed by atoms with E-state index in [1.54, 1.807) is 12.1 Å². The Morgan fingerprint density at radius 3 is 2.47 bits per heavy atom. The second kappa shape index (κ2) is 7.53. The molecule has 1 aromatic rings. The van der Waals surface area contributed by atoms with Crippen LogP contribution in [0, 0.1) is 0 Å². The minimum absolute atomic E-state index is 0.00140. The van der Waals surface area contributed by atoms with Crippen molar-refractivity contribution in [2.45, 2.75) is 32.2 Å². The van der Waals surface area contributed by atoms with Crippen LogP contribution in [0.5, 0.6) is 0 Å². The summed E-state index contributed by atoms with van der Waals surface area (Å²) in [5, 5.41) is 2.80. The molecule has 0 heterocycles. The Morgan fingerprint density at radius 2 is 1.95 bits per heavy atom. The Morgan fingerprint density at radius 1 is 1.32 bits per heavy atom. The van der Waals surface area contributed by atoms with Crippen molar-refractivity contribution in [1.82, 2.24) is 0 Å². The van der Waals surface area contributed by atoms with E-state index in [1.165, 1.54) is 7.11 Å². The smallest absolute Gasteiger partial charge is 0.322 e. The first-order valence-electron chi connectivity index (χ1n) is 6.29. The molecule has 0 aliphatic carbocycles. The molecule has 5 heteroatoms. The molecule has 1 atom stereocenters. The summed E-state index contributed by atoms with van der Waals surface area (Å²) in [5.74, 6) is -0.429. The standard InChI is InChI=1S/C14H20N2O3/c1-3-4-13(17)16-11-7-5-10(6-8-11)9-12(15)14(18)19-2/h5-8,12H,3-4,9,15H2,1-2H3,(H,16,17)/t12-/m0/s1. The number of hydrogen-bond acceptors (Lipinski definition) is 4. The van der Waals surface area contributed by atoms with Gasteiger partial charge in [0.25, 0.3) is 0 Å². The predicted octanol–water partition coefficient (Wildman–Crippen LogP) is 1.47. The topological polar surface area (TPSA) is 81.4 Å². The zero-order valence-electron chi connectivity index (χ0n) is 11.3. The lowest BCUT2D eigenvalue weighted by Gasteiger charge is -2.10. The number of nitrogens with one attached hydrogen (secondary N) is 1. The number of nitrogens with two attached hydrogens (primary N) is 1. The molecule has 0 aliphatic rings. The maximum absolute atomic E-state index is 11.4. The lowest BCUT2D eigenvalue weighted by Crippen LogP contribution is -2.33. The highest BCUT2D eigenvalue weighted by Gasteiger charge is 2.14. The fourth-order valence-electron chi connectivity index (χ4n) is 1.66. The molecule has 0 saturated carbocycles. The lowest BCUT2D eigenvalue weighted by atomic mass is 10.1. The minimum atomic E-state index is -0.662. The summed E-state index contributed by atoms with van der Waals surface area (Å²) in [7, 11) is 1.31. The molecule has 0 unspecified atom stereocenters. The molecule has 0 fully saturated rings. The second-order valence-electron chi connectivity index (χ2n) is 4.33. The van der Waals surface area contributed by atoms with Crippen LogP contribution in [0.4, 0.5) is 5.69 Å². The highest BCUT2D eigenvalue weighted by atomic mass is 16.5. The van der Waals surface area contributed by atoms with Gasteiger partial charge < -0.3 is 15.8 Å². The van der Waals surface area contributed by atoms with E-state index in [0.717, 1.165) is 17.7 Å². The summed E-state index contributed by atoms with van der Waals surface area (Å²) in [5.41, 5.74) is 7.34. The van der Waals surface area contributed by atoms with Crippen LogP contribution in [0.25, 0.3) is 0 Å². The van der Waals surface area contributed by atoms with Crippen molar-refractivity contribution >= 4 is 17.6 Å². The first-order chi connectivity index (χ1) is 9.06. The summed E-state index contributed by atoms with van der Waals surface area (Å²) in [4.78, 5) is 22.6. The molecule has 1 aromatic carbocycles. The van der Waals surface area contributed by atoms with Gasteiger partial charge in [-0.15, -0.1) is 0 Å². The normalized spacial score (nSPS) is 11.7. The molecule has 0 radical (unpaired) electrons. The van der Waals surface area contributed by atoms with Crippen LogP contribution in [0.2, 0.25) is 0 Å². The van der Waals surface area contributed by atoms with Crippen molar-refractivity contribution in [3.63, 3.8) is 0 Å². The van der Waals surface area contributed by atoms with Gasteiger partial charge in [-0.25, -0.2) is 0 Å². The zero-order valence-corrected chi connectivity index (χ0v) is 11.3. The van der Waals surface area contributed by atoms with Crippen molar-refractivity contribution in [2.24, 2.45) is 5.73 Å². The van der Waals surface area contributed by atoms with Crippen LogP contribution in [0.15, 0.2) is 24.3 Å². The number of carbonyl (C=O) groups excluding carboxylic acids is 2. The van der Waals surface area contributed by atoms with Crippen LogP contribution in [0.3, 0.4) is 0 Å². The summed E-state index contributed by atoms with van der Waals surface area (Å²) >= 11 is 0. The third-order valence-electron chi connectivity index (χ3n) is 2.67. The van der Waals surface area contributed by atoms with Gasteiger partial charge in [0.1, 0.15) is 6.04 Å². The SMILES string of the molecule is CCCC(=O)Nc1ccc(C[C@H](N)C(=O)OC)cc1. The average molecular weight is 264 g/mol. The Hall–Kier alpha value is -1.88. The molecule has 104 valence electrons. The van der Waals surface area contributed by atoms with Gasteiger partial charge in [0.2, 0.25) is 5.91 Å². The molecule has 1 amide bonds. The average Bonchev–Trinajstić information content (AvgIpc) is 2.40. The number of benzene rings is 1. The molecule has 0 aromatic heterocycles. The van der Waals surface area contributed by atoms with E-state index >= 15 is 0 Å². The molecule has 0 bridgehead atoms. The maximum Gasteiger partial charge on any atom is 0.322 e. The van der Waals surface area contributed by atoms with Crippen LogP contribution < -0.4 is 11.1 Å². The van der Waals surface area contributed by atoms with Crippen molar-refractivity contribution in [1.29, 1.82) is 0 Å². The third kappa shape index (κ3) is 5.09. The molecule has 1 rings (SSSR count). The number of rotatable bonds is 6. The van der Waals surface area contributed by atoms with Gasteiger partial charge in [0.15, 0.2) is 0 Å². The van der Waals surface area contributed by atoms with Crippen LogP contribution in [-0.2, 0) is 20.7 Å². The Labute approximate surface area is 113 Å². The summed E-state index contributed by atoms with van der Waals surface area (Å²) in [6.07, 6.45) is 1.74. The van der Waals surface area contributed by atoms with E-state index in [4.69, 9.17) is 5.73 Å². The van der Waals surface area contributed by atoms with E-state index in [0.29, 0.717) is 12.8 Å². The third-order valence-corrected chi connectivity index (χ3v) is 2.67. The van der Waals surface area contributed by atoms with E-state index in [2.05, 4.69) is 10.1 Å². The van der Waals surface area contributed by atoms with Gasteiger partial charge in [-0.3, -0.25) is 9.59 Å². The zero-order chi connectivity index (χ0) is 14.3. The molecular formula is C14H20N2O3. The van der Waals surface area contributed by atoms with E-state index in [1.807, 2.05) is 19.1 Å². The summed E-state index contributed by atoms with van der Waals surface area (Å²) in [6.45, 7) is 1.96. The highest BCUT2D eigenvalue weighted by molar-refractivity contribution is 5.90. The van der Waals surface area contributed by atoms with E-state index < -0.39 is 12.0 Å². The molecule has 0 aliphatic heterocycles. The summed E-state index contributed by atoms with van der Waals surface area (Å²) < 4.78 is 4.57. The van der Waals surface area contributed by atoms with Gasteiger partial charge >= 0.3 is 5.97 Å². The first-order valence-corrected chi connectivity index (χ1v) is 6.29.